The average Bonchev–Trinajstić information content (AvgIpc) is 2.85. The molecule has 0 saturated carbocycles. The zero-order chi connectivity index (χ0) is 13.2. The number of aromatic nitrogens is 1. The summed E-state index contributed by atoms with van der Waals surface area (Å²) in [6, 6.07) is 12.3. The molecule has 2 heterocycles. The fourth-order valence-corrected chi connectivity index (χ4v) is 2.69. The summed E-state index contributed by atoms with van der Waals surface area (Å²) in [6.45, 7) is 0. The van der Waals surface area contributed by atoms with Gasteiger partial charge in [0.2, 0.25) is 5.95 Å². The molecule has 0 aliphatic heterocycles. The Bertz CT molecular complexity index is 704. The molecule has 94 valence electrons. The van der Waals surface area contributed by atoms with Gasteiger partial charge in [0.05, 0.1) is 16.8 Å². The van der Waals surface area contributed by atoms with E-state index in [4.69, 9.17) is 0 Å². The molecule has 19 heavy (non-hydrogen) atoms. The lowest BCUT2D eigenvalue weighted by Crippen LogP contribution is -2.10. The summed E-state index contributed by atoms with van der Waals surface area (Å²) in [5.41, 5.74) is 0.476. The molecule has 0 spiro atoms. The molecule has 0 radical (unpaired) electrons. The van der Waals surface area contributed by atoms with E-state index >= 15 is 0 Å². The van der Waals surface area contributed by atoms with Crippen molar-refractivity contribution in [1.82, 2.24) is 4.98 Å². The monoisotopic (exact) mass is 272 g/mol. The fraction of sp³-hybridized carbons (Fsp3) is 0. The van der Waals surface area contributed by atoms with Gasteiger partial charge in [-0.3, -0.25) is 4.79 Å². The third-order valence-electron chi connectivity index (χ3n) is 2.63. The van der Waals surface area contributed by atoms with Crippen LogP contribution in [0.4, 0.5) is 10.1 Å². The first-order valence-corrected chi connectivity index (χ1v) is 6.45. The van der Waals surface area contributed by atoms with Crippen molar-refractivity contribution in [3.05, 3.63) is 59.5 Å². The minimum Gasteiger partial charge on any atom is -0.320 e. The summed E-state index contributed by atoms with van der Waals surface area (Å²) < 4.78 is 13.7. The molecule has 1 aromatic carbocycles. The molecule has 0 bridgehead atoms. The first-order chi connectivity index (χ1) is 9.22. The summed E-state index contributed by atoms with van der Waals surface area (Å²) in [5.74, 6) is -0.783. The van der Waals surface area contributed by atoms with Crippen LogP contribution in [0.1, 0.15) is 9.67 Å². The number of benzene rings is 1. The Morgan fingerprint density at radius 3 is 2.79 bits per heavy atom. The third-order valence-corrected chi connectivity index (χ3v) is 3.75. The Balaban J connectivity index is 1.85. The highest BCUT2D eigenvalue weighted by molar-refractivity contribution is 7.20. The van der Waals surface area contributed by atoms with Gasteiger partial charge in [-0.1, -0.05) is 18.2 Å². The van der Waals surface area contributed by atoms with Crippen LogP contribution in [0, 0.1) is 5.95 Å². The number of rotatable bonds is 2. The van der Waals surface area contributed by atoms with E-state index in [1.54, 1.807) is 0 Å². The van der Waals surface area contributed by atoms with Crippen molar-refractivity contribution in [2.24, 2.45) is 0 Å². The van der Waals surface area contributed by atoms with Gasteiger partial charge in [-0.2, -0.15) is 4.39 Å². The van der Waals surface area contributed by atoms with Gasteiger partial charge in [0, 0.05) is 4.70 Å². The van der Waals surface area contributed by atoms with Crippen LogP contribution in [0.2, 0.25) is 0 Å². The normalized spacial score (nSPS) is 10.6. The van der Waals surface area contributed by atoms with E-state index in [1.807, 2.05) is 30.3 Å². The number of halogens is 1. The van der Waals surface area contributed by atoms with E-state index in [1.165, 1.54) is 29.7 Å². The summed E-state index contributed by atoms with van der Waals surface area (Å²) in [6.07, 6.45) is 1.29. The number of carbonyl (C=O) groups excluding carboxylic acids is 1. The van der Waals surface area contributed by atoms with Gasteiger partial charge in [0.25, 0.3) is 5.91 Å². The van der Waals surface area contributed by atoms with Crippen molar-refractivity contribution in [2.45, 2.75) is 0 Å². The van der Waals surface area contributed by atoms with Gasteiger partial charge in [-0.25, -0.2) is 4.98 Å². The van der Waals surface area contributed by atoms with E-state index in [2.05, 4.69) is 10.3 Å². The Morgan fingerprint density at radius 1 is 1.21 bits per heavy atom. The molecule has 1 N–H and O–H groups in total. The number of anilines is 1. The van der Waals surface area contributed by atoms with Gasteiger partial charge < -0.3 is 5.32 Å². The first kappa shape index (κ1) is 11.8. The minimum atomic E-state index is -0.570. The fourth-order valence-electron chi connectivity index (χ4n) is 1.74. The molecule has 0 saturated heterocycles. The summed E-state index contributed by atoms with van der Waals surface area (Å²) in [7, 11) is 0. The SMILES string of the molecule is O=C(Nc1ccc(F)nc1)c1cc2ccccc2s1. The van der Waals surface area contributed by atoms with Crippen molar-refractivity contribution in [1.29, 1.82) is 0 Å². The zero-order valence-corrected chi connectivity index (χ0v) is 10.6. The molecule has 3 rings (SSSR count). The van der Waals surface area contributed by atoms with Crippen LogP contribution in [0.15, 0.2) is 48.7 Å². The van der Waals surface area contributed by atoms with Crippen molar-refractivity contribution in [3.8, 4) is 0 Å². The Morgan fingerprint density at radius 2 is 2.05 bits per heavy atom. The maximum Gasteiger partial charge on any atom is 0.265 e. The highest BCUT2D eigenvalue weighted by atomic mass is 32.1. The van der Waals surface area contributed by atoms with Gasteiger partial charge in [-0.15, -0.1) is 11.3 Å². The molecule has 3 nitrogen and oxygen atoms in total. The predicted molar refractivity (Wildman–Crippen MR) is 74.0 cm³/mol. The van der Waals surface area contributed by atoms with E-state index in [-0.39, 0.29) is 5.91 Å². The molecule has 3 aromatic rings. The number of thiophene rings is 1. The number of nitrogens with one attached hydrogen (secondary N) is 1. The van der Waals surface area contributed by atoms with Gasteiger partial charge in [-0.05, 0) is 29.7 Å². The topological polar surface area (TPSA) is 42.0 Å². The average molecular weight is 272 g/mol. The summed E-state index contributed by atoms with van der Waals surface area (Å²) in [4.78, 5) is 16.2. The van der Waals surface area contributed by atoms with Crippen LogP contribution in [0.5, 0.6) is 0 Å². The lowest BCUT2D eigenvalue weighted by molar-refractivity contribution is 0.103. The lowest BCUT2D eigenvalue weighted by Gasteiger charge is -2.01. The quantitative estimate of drug-likeness (QED) is 0.723. The molecule has 1 amide bonds. The van der Waals surface area contributed by atoms with Crippen LogP contribution >= 0.6 is 11.3 Å². The van der Waals surface area contributed by atoms with Crippen LogP contribution < -0.4 is 5.32 Å². The minimum absolute atomic E-state index is 0.213. The van der Waals surface area contributed by atoms with Crippen LogP contribution in [0.3, 0.4) is 0 Å². The largest absolute Gasteiger partial charge is 0.320 e. The number of pyridine rings is 1. The van der Waals surface area contributed by atoms with E-state index < -0.39 is 5.95 Å². The molecule has 2 aromatic heterocycles. The Hall–Kier alpha value is -2.27. The highest BCUT2D eigenvalue weighted by Gasteiger charge is 2.10. The molecular formula is C14H9FN2OS. The maximum atomic E-state index is 12.7. The van der Waals surface area contributed by atoms with E-state index in [0.29, 0.717) is 10.6 Å². The van der Waals surface area contributed by atoms with Crippen molar-refractivity contribution in [2.75, 3.05) is 5.32 Å². The number of hydrogen-bond acceptors (Lipinski definition) is 3. The number of amides is 1. The third kappa shape index (κ3) is 2.46. The number of carbonyl (C=O) groups is 1. The second-order valence-corrected chi connectivity index (χ2v) is 5.06. The first-order valence-electron chi connectivity index (χ1n) is 5.64. The number of fused-ring (bicyclic) bond motifs is 1. The molecule has 0 aliphatic rings. The standard InChI is InChI=1S/C14H9FN2OS/c15-13-6-5-10(8-16-13)17-14(18)12-7-9-3-1-2-4-11(9)19-12/h1-8H,(H,17,18). The van der Waals surface area contributed by atoms with E-state index in [0.717, 1.165) is 10.1 Å². The predicted octanol–water partition coefficient (Wildman–Crippen LogP) is 3.69. The molecular weight excluding hydrogens is 263 g/mol. The van der Waals surface area contributed by atoms with Crippen LogP contribution in [0.25, 0.3) is 10.1 Å². The molecule has 0 fully saturated rings. The van der Waals surface area contributed by atoms with E-state index in [9.17, 15) is 9.18 Å². The summed E-state index contributed by atoms with van der Waals surface area (Å²) in [5, 5.41) is 3.73. The van der Waals surface area contributed by atoms with Gasteiger partial charge in [0.1, 0.15) is 0 Å². The molecule has 5 heteroatoms. The second kappa shape index (κ2) is 4.78. The van der Waals surface area contributed by atoms with Crippen LogP contribution in [-0.2, 0) is 0 Å². The molecule has 0 atom stereocenters. The zero-order valence-electron chi connectivity index (χ0n) is 9.76. The smallest absolute Gasteiger partial charge is 0.265 e. The van der Waals surface area contributed by atoms with Gasteiger partial charge in [0.15, 0.2) is 0 Å². The number of nitrogens with zero attached hydrogens (tertiary/aromatic N) is 1. The van der Waals surface area contributed by atoms with Crippen molar-refractivity contribution in [3.63, 3.8) is 0 Å². The van der Waals surface area contributed by atoms with Crippen LogP contribution in [-0.4, -0.2) is 10.9 Å². The lowest BCUT2D eigenvalue weighted by atomic mass is 10.2. The Kier molecular flexibility index (Phi) is 2.97. The Labute approximate surface area is 112 Å². The molecule has 0 aliphatic carbocycles. The highest BCUT2D eigenvalue weighted by Crippen LogP contribution is 2.25. The summed E-state index contributed by atoms with van der Waals surface area (Å²) >= 11 is 1.42. The number of hydrogen-bond donors (Lipinski definition) is 1. The molecule has 0 unspecified atom stereocenters. The van der Waals surface area contributed by atoms with Crippen molar-refractivity contribution >= 4 is 33.0 Å². The second-order valence-electron chi connectivity index (χ2n) is 3.97. The maximum absolute atomic E-state index is 12.7. The van der Waals surface area contributed by atoms with Crippen molar-refractivity contribution < 1.29 is 9.18 Å². The van der Waals surface area contributed by atoms with Gasteiger partial charge >= 0.3 is 0 Å².